The van der Waals surface area contributed by atoms with Gasteiger partial charge in [-0.25, -0.2) is 0 Å². The SMILES string of the molecule is COc1cc2c(-c3ccccc3Br)c3cc(OC)c(OC)cc3c(-c3ccccc3Br)c2cc1OC. The quantitative estimate of drug-likeness (QED) is 0.181. The molecule has 0 aliphatic carbocycles. The van der Waals surface area contributed by atoms with Crippen molar-refractivity contribution in [1.82, 2.24) is 0 Å². The van der Waals surface area contributed by atoms with Crippen LogP contribution in [-0.2, 0) is 0 Å². The van der Waals surface area contributed by atoms with Gasteiger partial charge in [0.25, 0.3) is 0 Å². The molecular formula is C30H24Br2O4. The van der Waals surface area contributed by atoms with E-state index in [9.17, 15) is 0 Å². The summed E-state index contributed by atoms with van der Waals surface area (Å²) in [4.78, 5) is 0. The molecule has 0 heterocycles. The summed E-state index contributed by atoms with van der Waals surface area (Å²) in [6.45, 7) is 0. The zero-order valence-corrected chi connectivity index (χ0v) is 23.5. The third-order valence-corrected chi connectivity index (χ3v) is 7.79. The minimum atomic E-state index is 0.663. The van der Waals surface area contributed by atoms with Crippen LogP contribution < -0.4 is 18.9 Å². The lowest BCUT2D eigenvalue weighted by atomic mass is 9.85. The number of fused-ring (bicyclic) bond motifs is 2. The Balaban J connectivity index is 2.12. The molecule has 36 heavy (non-hydrogen) atoms. The Morgan fingerprint density at radius 3 is 0.972 bits per heavy atom. The molecule has 0 radical (unpaired) electrons. The van der Waals surface area contributed by atoms with Crippen molar-refractivity contribution in [2.75, 3.05) is 28.4 Å². The molecule has 6 heteroatoms. The third-order valence-electron chi connectivity index (χ3n) is 6.41. The average molecular weight is 608 g/mol. The molecule has 0 aromatic heterocycles. The number of hydrogen-bond acceptors (Lipinski definition) is 4. The Morgan fingerprint density at radius 2 is 0.722 bits per heavy atom. The number of ether oxygens (including phenoxy) is 4. The maximum Gasteiger partial charge on any atom is 0.161 e. The molecule has 0 aliphatic heterocycles. The highest BCUT2D eigenvalue weighted by Crippen LogP contribution is 2.51. The van der Waals surface area contributed by atoms with E-state index in [1.807, 2.05) is 24.3 Å². The first kappa shape index (κ1) is 24.5. The van der Waals surface area contributed by atoms with Gasteiger partial charge in [0.1, 0.15) is 0 Å². The lowest BCUT2D eigenvalue weighted by molar-refractivity contribution is 0.355. The maximum atomic E-state index is 5.74. The van der Waals surface area contributed by atoms with Crippen molar-refractivity contribution >= 4 is 53.4 Å². The molecule has 0 aliphatic rings. The summed E-state index contributed by atoms with van der Waals surface area (Å²) in [7, 11) is 6.63. The first-order valence-corrected chi connectivity index (χ1v) is 12.9. The Morgan fingerprint density at radius 1 is 0.444 bits per heavy atom. The average Bonchev–Trinajstić information content (AvgIpc) is 2.91. The van der Waals surface area contributed by atoms with Crippen LogP contribution in [0.15, 0.2) is 81.7 Å². The van der Waals surface area contributed by atoms with Crippen LogP contribution in [0.4, 0.5) is 0 Å². The van der Waals surface area contributed by atoms with Crippen LogP contribution in [-0.4, -0.2) is 28.4 Å². The highest BCUT2D eigenvalue weighted by molar-refractivity contribution is 9.11. The second-order valence-corrected chi connectivity index (χ2v) is 9.92. The van der Waals surface area contributed by atoms with Gasteiger partial charge in [0.15, 0.2) is 23.0 Å². The van der Waals surface area contributed by atoms with E-state index in [1.54, 1.807) is 28.4 Å². The summed E-state index contributed by atoms with van der Waals surface area (Å²) >= 11 is 7.58. The minimum absolute atomic E-state index is 0.663. The van der Waals surface area contributed by atoms with Gasteiger partial charge in [-0.15, -0.1) is 0 Å². The van der Waals surface area contributed by atoms with Crippen molar-refractivity contribution in [1.29, 1.82) is 0 Å². The first-order valence-electron chi connectivity index (χ1n) is 11.3. The molecule has 5 rings (SSSR count). The Kier molecular flexibility index (Phi) is 6.82. The smallest absolute Gasteiger partial charge is 0.161 e. The van der Waals surface area contributed by atoms with E-state index in [4.69, 9.17) is 18.9 Å². The molecule has 0 spiro atoms. The summed E-state index contributed by atoms with van der Waals surface area (Å²) in [6, 6.07) is 24.7. The number of halogens is 2. The van der Waals surface area contributed by atoms with Crippen molar-refractivity contribution in [3.05, 3.63) is 81.7 Å². The molecule has 0 unspecified atom stereocenters. The van der Waals surface area contributed by atoms with E-state index in [0.717, 1.165) is 52.7 Å². The summed E-state index contributed by atoms with van der Waals surface area (Å²) < 4.78 is 24.9. The van der Waals surface area contributed by atoms with Gasteiger partial charge in [-0.2, -0.15) is 0 Å². The van der Waals surface area contributed by atoms with E-state index in [1.165, 1.54) is 0 Å². The van der Waals surface area contributed by atoms with Crippen molar-refractivity contribution in [3.8, 4) is 45.3 Å². The van der Waals surface area contributed by atoms with E-state index in [0.29, 0.717) is 23.0 Å². The van der Waals surface area contributed by atoms with Crippen molar-refractivity contribution < 1.29 is 18.9 Å². The lowest BCUT2D eigenvalue weighted by Crippen LogP contribution is -1.97. The fourth-order valence-electron chi connectivity index (χ4n) is 4.78. The van der Waals surface area contributed by atoms with Gasteiger partial charge < -0.3 is 18.9 Å². The number of methoxy groups -OCH3 is 4. The van der Waals surface area contributed by atoms with E-state index < -0.39 is 0 Å². The molecule has 5 aromatic rings. The molecule has 0 amide bonds. The van der Waals surface area contributed by atoms with Gasteiger partial charge in [0.2, 0.25) is 0 Å². The fraction of sp³-hybridized carbons (Fsp3) is 0.133. The fourth-order valence-corrected chi connectivity index (χ4v) is 5.75. The van der Waals surface area contributed by atoms with Gasteiger partial charge in [-0.1, -0.05) is 68.3 Å². The van der Waals surface area contributed by atoms with Crippen LogP contribution in [0.25, 0.3) is 43.8 Å². The standard InChI is InChI=1S/C30H24Br2O4/c1-33-25-13-19-20(14-26(25)34-2)30(18-10-6-8-12-24(18)32)22-16-28(36-4)27(35-3)15-21(22)29(19)17-9-5-7-11-23(17)31/h5-16H,1-4H3. The largest absolute Gasteiger partial charge is 0.493 e. The van der Waals surface area contributed by atoms with E-state index >= 15 is 0 Å². The van der Waals surface area contributed by atoms with Crippen LogP contribution in [0.3, 0.4) is 0 Å². The van der Waals surface area contributed by atoms with Gasteiger partial charge in [-0.05, 0) is 80.2 Å². The van der Waals surface area contributed by atoms with Crippen LogP contribution in [0.1, 0.15) is 0 Å². The molecule has 4 nitrogen and oxygen atoms in total. The highest BCUT2D eigenvalue weighted by atomic mass is 79.9. The second-order valence-electron chi connectivity index (χ2n) is 8.22. The van der Waals surface area contributed by atoms with Crippen LogP contribution in [0.2, 0.25) is 0 Å². The Hall–Kier alpha value is -3.22. The molecule has 0 fully saturated rings. The molecule has 5 aromatic carbocycles. The predicted molar refractivity (Wildman–Crippen MR) is 154 cm³/mol. The zero-order chi connectivity index (χ0) is 25.4. The third kappa shape index (κ3) is 3.98. The summed E-state index contributed by atoms with van der Waals surface area (Å²) in [5.41, 5.74) is 4.24. The highest BCUT2D eigenvalue weighted by Gasteiger charge is 2.23. The number of benzene rings is 5. The van der Waals surface area contributed by atoms with Gasteiger partial charge in [0, 0.05) is 8.95 Å². The topological polar surface area (TPSA) is 36.9 Å². The van der Waals surface area contributed by atoms with Gasteiger partial charge >= 0.3 is 0 Å². The minimum Gasteiger partial charge on any atom is -0.493 e. The first-order chi connectivity index (χ1) is 17.5. The van der Waals surface area contributed by atoms with Gasteiger partial charge in [0.05, 0.1) is 28.4 Å². The monoisotopic (exact) mass is 606 g/mol. The summed E-state index contributed by atoms with van der Waals surface area (Å²) in [6.07, 6.45) is 0. The molecular weight excluding hydrogens is 584 g/mol. The lowest BCUT2D eigenvalue weighted by Gasteiger charge is -2.22. The molecule has 0 N–H and O–H groups in total. The van der Waals surface area contributed by atoms with Crippen molar-refractivity contribution in [2.24, 2.45) is 0 Å². The van der Waals surface area contributed by atoms with Crippen LogP contribution >= 0.6 is 31.9 Å². The molecule has 182 valence electrons. The number of hydrogen-bond donors (Lipinski definition) is 0. The zero-order valence-electron chi connectivity index (χ0n) is 20.3. The molecule has 0 bridgehead atoms. The van der Waals surface area contributed by atoms with Crippen molar-refractivity contribution in [2.45, 2.75) is 0 Å². The second kappa shape index (κ2) is 10.0. The van der Waals surface area contributed by atoms with Gasteiger partial charge in [-0.3, -0.25) is 0 Å². The van der Waals surface area contributed by atoms with E-state index in [-0.39, 0.29) is 0 Å². The summed E-state index contributed by atoms with van der Waals surface area (Å²) in [5.74, 6) is 2.65. The van der Waals surface area contributed by atoms with E-state index in [2.05, 4.69) is 80.4 Å². The van der Waals surface area contributed by atoms with Crippen LogP contribution in [0.5, 0.6) is 23.0 Å². The molecule has 0 saturated carbocycles. The Bertz CT molecular complexity index is 1420. The Labute approximate surface area is 227 Å². The summed E-state index contributed by atoms with van der Waals surface area (Å²) in [5, 5.41) is 4.13. The number of rotatable bonds is 6. The molecule has 0 atom stereocenters. The maximum absolute atomic E-state index is 5.74. The normalized spacial score (nSPS) is 11.1. The predicted octanol–water partition coefficient (Wildman–Crippen LogP) is 8.89. The molecule has 0 saturated heterocycles. The van der Waals surface area contributed by atoms with Crippen LogP contribution in [0, 0.1) is 0 Å². The van der Waals surface area contributed by atoms with Crippen molar-refractivity contribution in [3.63, 3.8) is 0 Å².